The van der Waals surface area contributed by atoms with Gasteiger partial charge in [0.25, 0.3) is 5.95 Å². The number of ether oxygens (including phenoxy) is 1. The van der Waals surface area contributed by atoms with Gasteiger partial charge in [0.2, 0.25) is 0 Å². The second kappa shape index (κ2) is 13.1. The largest absolute Gasteiger partial charge is 0.492 e. The van der Waals surface area contributed by atoms with Crippen LogP contribution >= 0.6 is 12.8 Å². The Balaban J connectivity index is 0.00000216. The van der Waals surface area contributed by atoms with E-state index in [-0.39, 0.29) is 11.4 Å². The number of hydrogen-bond donors (Lipinski definition) is 3. The van der Waals surface area contributed by atoms with E-state index < -0.39 is 4.16 Å². The van der Waals surface area contributed by atoms with Crippen LogP contribution in [0.15, 0.2) is 60.8 Å². The van der Waals surface area contributed by atoms with E-state index in [1.807, 2.05) is 39.0 Å². The Morgan fingerprint density at radius 1 is 1.02 bits per heavy atom. The highest BCUT2D eigenvalue weighted by Crippen LogP contribution is 2.37. The van der Waals surface area contributed by atoms with Crippen molar-refractivity contribution in [2.24, 2.45) is 0 Å². The molecule has 1 atom stereocenters. The number of nitrogens with zero attached hydrogens (tertiary/aromatic N) is 4. The van der Waals surface area contributed by atoms with Crippen LogP contribution in [0.5, 0.6) is 5.75 Å². The molecule has 0 amide bonds. The summed E-state index contributed by atoms with van der Waals surface area (Å²) in [6.45, 7) is 13.0. The summed E-state index contributed by atoms with van der Waals surface area (Å²) >= 11 is 4.00. The second-order valence-corrected chi connectivity index (χ2v) is 10.8. The van der Waals surface area contributed by atoms with E-state index in [1.165, 1.54) is 7.05 Å². The summed E-state index contributed by atoms with van der Waals surface area (Å²) in [5.74, 6) is 0.998. The van der Waals surface area contributed by atoms with Crippen LogP contribution in [0.25, 0.3) is 22.0 Å². The molecule has 0 fully saturated rings. The number of hydroxylamine groups is 1. The van der Waals surface area contributed by atoms with Gasteiger partial charge in [-0.2, -0.15) is 15.9 Å². The SMILES string of the molecule is CC.CCCc1cc(C(C)(C)c2ccc(-c3ccc4nc(N[N+](C)(O)S)ncc4c3)cc2)cc(C#N)c1OCC. The molecular formula is C32H40N5O2S+. The average Bonchev–Trinajstić information content (AvgIpc) is 2.94. The molecule has 210 valence electrons. The first-order chi connectivity index (χ1) is 19.1. The number of nitrogens with one attached hydrogen (secondary N) is 1. The number of fused-ring (bicyclic) bond motifs is 1. The molecule has 2 N–H and O–H groups in total. The molecule has 4 rings (SSSR count). The molecule has 4 aromatic rings. The number of hydrogen-bond acceptors (Lipinski definition) is 7. The van der Waals surface area contributed by atoms with Crippen molar-refractivity contribution in [1.29, 1.82) is 5.26 Å². The maximum Gasteiger partial charge on any atom is 0.273 e. The Labute approximate surface area is 243 Å². The number of thiol groups is 1. The van der Waals surface area contributed by atoms with Crippen LogP contribution in [-0.2, 0) is 11.8 Å². The first kappa shape index (κ1) is 30.9. The number of anilines is 1. The van der Waals surface area contributed by atoms with E-state index in [2.05, 4.69) is 91.4 Å². The van der Waals surface area contributed by atoms with Gasteiger partial charge in [-0.05, 0) is 63.5 Å². The van der Waals surface area contributed by atoms with Crippen LogP contribution in [0, 0.1) is 11.3 Å². The highest BCUT2D eigenvalue weighted by Gasteiger charge is 2.26. The first-order valence-electron chi connectivity index (χ1n) is 13.7. The molecular weight excluding hydrogens is 518 g/mol. The molecule has 0 aliphatic heterocycles. The van der Waals surface area contributed by atoms with Crippen molar-refractivity contribution in [2.75, 3.05) is 19.1 Å². The van der Waals surface area contributed by atoms with Gasteiger partial charge in [0, 0.05) is 17.0 Å². The normalized spacial score (nSPS) is 12.6. The summed E-state index contributed by atoms with van der Waals surface area (Å²) in [6.07, 6.45) is 3.57. The van der Waals surface area contributed by atoms with E-state index in [0.29, 0.717) is 17.9 Å². The van der Waals surface area contributed by atoms with Crippen molar-refractivity contribution in [3.05, 3.63) is 83.0 Å². The van der Waals surface area contributed by atoms with Crippen molar-refractivity contribution in [3.8, 4) is 22.9 Å². The smallest absolute Gasteiger partial charge is 0.273 e. The lowest BCUT2D eigenvalue weighted by atomic mass is 9.76. The predicted octanol–water partition coefficient (Wildman–Crippen LogP) is 7.88. The zero-order valence-electron chi connectivity index (χ0n) is 24.5. The molecule has 0 saturated carbocycles. The van der Waals surface area contributed by atoms with Gasteiger partial charge in [-0.3, -0.25) is 0 Å². The summed E-state index contributed by atoms with van der Waals surface area (Å²) in [5, 5.41) is 20.5. The molecule has 0 radical (unpaired) electrons. The van der Waals surface area contributed by atoms with Gasteiger partial charge in [-0.25, -0.2) is 9.97 Å². The average molecular weight is 559 g/mol. The monoisotopic (exact) mass is 558 g/mol. The number of aryl methyl sites for hydroxylation is 1. The molecule has 0 bridgehead atoms. The summed E-state index contributed by atoms with van der Waals surface area (Å²) in [7, 11) is 1.45. The van der Waals surface area contributed by atoms with E-state index in [0.717, 1.165) is 51.6 Å². The Kier molecular flexibility index (Phi) is 10.2. The molecule has 8 heteroatoms. The minimum Gasteiger partial charge on any atom is -0.492 e. The van der Waals surface area contributed by atoms with Gasteiger partial charge in [0.15, 0.2) is 0 Å². The topological polar surface area (TPSA) is 91.1 Å². The standard InChI is InChI=1S/C30H34N5O2S.C2H6/c1-6-8-22-16-26(17-23(18-31)28(22)37-7-2)30(3,4)25-12-9-20(10-13-25)21-11-14-27-24(15-21)19-32-29(33-27)34-35(5,36)38;1-2/h9-17,19,36,38H,6-8H2,1-5H3,(H,32,33,34);1-2H3/q+1;. The molecule has 0 aliphatic rings. The third-order valence-corrected chi connectivity index (χ3v) is 6.75. The van der Waals surface area contributed by atoms with Gasteiger partial charge < -0.3 is 4.74 Å². The van der Waals surface area contributed by atoms with Crippen molar-refractivity contribution < 1.29 is 14.1 Å². The molecule has 3 aromatic carbocycles. The van der Waals surface area contributed by atoms with Gasteiger partial charge in [0.1, 0.15) is 31.7 Å². The molecule has 1 unspecified atom stereocenters. The summed E-state index contributed by atoms with van der Waals surface area (Å²) in [5.41, 5.74) is 9.22. The van der Waals surface area contributed by atoms with Crippen LogP contribution in [0.2, 0.25) is 0 Å². The maximum absolute atomic E-state index is 9.84. The van der Waals surface area contributed by atoms with Crippen LogP contribution in [0.1, 0.15) is 70.2 Å². The zero-order valence-corrected chi connectivity index (χ0v) is 25.4. The number of benzene rings is 3. The highest BCUT2D eigenvalue weighted by atomic mass is 32.1. The summed E-state index contributed by atoms with van der Waals surface area (Å²) in [6, 6.07) is 21.1. The number of rotatable bonds is 9. The number of nitriles is 1. The lowest BCUT2D eigenvalue weighted by Gasteiger charge is -2.28. The van der Waals surface area contributed by atoms with Crippen LogP contribution < -0.4 is 10.2 Å². The molecule has 0 saturated heterocycles. The third kappa shape index (κ3) is 7.11. The molecule has 0 aliphatic carbocycles. The predicted molar refractivity (Wildman–Crippen MR) is 165 cm³/mol. The third-order valence-electron chi connectivity index (χ3n) is 6.65. The Morgan fingerprint density at radius 2 is 1.70 bits per heavy atom. The van der Waals surface area contributed by atoms with Gasteiger partial charge in [0.05, 0.1) is 17.7 Å². The molecule has 1 aromatic heterocycles. The van der Waals surface area contributed by atoms with E-state index in [9.17, 15) is 10.5 Å². The van der Waals surface area contributed by atoms with Crippen molar-refractivity contribution in [1.82, 2.24) is 9.97 Å². The Bertz CT molecular complexity index is 1490. The number of aromatic nitrogens is 2. The Morgan fingerprint density at radius 3 is 2.30 bits per heavy atom. The quantitative estimate of drug-likeness (QED) is 0.110. The summed E-state index contributed by atoms with van der Waals surface area (Å²) in [4.78, 5) is 8.73. The Hall–Kier alpha value is -3.64. The molecule has 1 heterocycles. The van der Waals surface area contributed by atoms with Crippen LogP contribution in [0.3, 0.4) is 0 Å². The fraction of sp³-hybridized carbons (Fsp3) is 0.344. The van der Waals surface area contributed by atoms with E-state index in [4.69, 9.17) is 4.74 Å². The lowest BCUT2D eigenvalue weighted by molar-refractivity contribution is -0.955. The fourth-order valence-corrected chi connectivity index (χ4v) is 4.69. The minimum absolute atomic E-state index is 0.285. The van der Waals surface area contributed by atoms with Crippen molar-refractivity contribution in [2.45, 2.75) is 59.8 Å². The molecule has 0 spiro atoms. The van der Waals surface area contributed by atoms with Gasteiger partial charge in [-0.1, -0.05) is 77.4 Å². The second-order valence-electron chi connectivity index (χ2n) is 10.0. The van der Waals surface area contributed by atoms with Crippen LogP contribution in [0.4, 0.5) is 5.95 Å². The maximum atomic E-state index is 9.84. The number of quaternary nitrogens is 1. The van der Waals surface area contributed by atoms with Gasteiger partial charge in [-0.15, -0.1) is 0 Å². The molecule has 7 nitrogen and oxygen atoms in total. The van der Waals surface area contributed by atoms with Crippen molar-refractivity contribution >= 4 is 29.7 Å². The lowest BCUT2D eigenvalue weighted by Crippen LogP contribution is -2.36. The highest BCUT2D eigenvalue weighted by molar-refractivity contribution is 7.74. The minimum atomic E-state index is -0.763. The first-order valence-corrected chi connectivity index (χ1v) is 14.1. The van der Waals surface area contributed by atoms with Gasteiger partial charge >= 0.3 is 0 Å². The fourth-order valence-electron chi connectivity index (χ4n) is 4.60. The van der Waals surface area contributed by atoms with Crippen molar-refractivity contribution in [3.63, 3.8) is 0 Å². The van der Waals surface area contributed by atoms with Crippen LogP contribution in [-0.4, -0.2) is 33.0 Å². The molecule has 40 heavy (non-hydrogen) atoms. The van der Waals surface area contributed by atoms with E-state index >= 15 is 0 Å². The van der Waals surface area contributed by atoms with E-state index in [1.54, 1.807) is 6.20 Å². The summed E-state index contributed by atoms with van der Waals surface area (Å²) < 4.78 is 5.09. The zero-order chi connectivity index (χ0) is 29.5.